The zero-order chi connectivity index (χ0) is 14.8. The Morgan fingerprint density at radius 1 is 1.29 bits per heavy atom. The van der Waals surface area contributed by atoms with E-state index in [0.29, 0.717) is 0 Å². The Balaban J connectivity index is 1.93. The molecule has 21 heavy (non-hydrogen) atoms. The second kappa shape index (κ2) is 5.74. The molecular weight excluding hydrogens is 269 g/mol. The van der Waals surface area contributed by atoms with E-state index in [1.807, 2.05) is 18.2 Å². The normalized spacial score (nSPS) is 20.7. The number of halogens is 1. The van der Waals surface area contributed by atoms with Gasteiger partial charge in [0.05, 0.1) is 0 Å². The van der Waals surface area contributed by atoms with Crippen molar-refractivity contribution >= 4 is 0 Å². The highest BCUT2D eigenvalue weighted by molar-refractivity contribution is 5.40. The van der Waals surface area contributed by atoms with Gasteiger partial charge in [0.1, 0.15) is 11.9 Å². The minimum absolute atomic E-state index is 0.182. The van der Waals surface area contributed by atoms with Crippen LogP contribution in [0.1, 0.15) is 36.6 Å². The van der Waals surface area contributed by atoms with Crippen LogP contribution >= 0.6 is 0 Å². The van der Waals surface area contributed by atoms with Crippen LogP contribution in [0.4, 0.5) is 4.39 Å². The van der Waals surface area contributed by atoms with E-state index < -0.39 is 5.82 Å². The zero-order valence-corrected chi connectivity index (χ0v) is 11.8. The maximum Gasteiger partial charge on any atom is 0.165 e. The second-order valence-electron chi connectivity index (χ2n) is 5.20. The van der Waals surface area contributed by atoms with Crippen LogP contribution in [0.5, 0.6) is 11.5 Å². The molecule has 2 N–H and O–H groups in total. The fourth-order valence-corrected chi connectivity index (χ4v) is 2.79. The smallest absolute Gasteiger partial charge is 0.165 e. The highest BCUT2D eigenvalue weighted by Crippen LogP contribution is 2.41. The Bertz CT molecular complexity index is 644. The number of phenolic OH excluding ortho intramolecular Hbond substituents is 1. The summed E-state index contributed by atoms with van der Waals surface area (Å²) in [6.07, 6.45) is 0.508. The van der Waals surface area contributed by atoms with Gasteiger partial charge in [-0.25, -0.2) is 4.39 Å². The lowest BCUT2D eigenvalue weighted by Crippen LogP contribution is -2.29. The van der Waals surface area contributed by atoms with E-state index in [1.54, 1.807) is 6.07 Å². The summed E-state index contributed by atoms with van der Waals surface area (Å²) in [5.74, 6) is -0.124. The Morgan fingerprint density at radius 2 is 2.10 bits per heavy atom. The van der Waals surface area contributed by atoms with E-state index >= 15 is 0 Å². The molecule has 3 rings (SSSR count). The minimum Gasteiger partial charge on any atom is -0.505 e. The van der Waals surface area contributed by atoms with Crippen LogP contribution in [0, 0.1) is 5.82 Å². The molecule has 0 bridgehead atoms. The summed E-state index contributed by atoms with van der Waals surface area (Å²) in [5.41, 5.74) is 1.87. The van der Waals surface area contributed by atoms with Gasteiger partial charge in [-0.15, -0.1) is 0 Å². The molecule has 0 aliphatic carbocycles. The molecule has 2 atom stereocenters. The van der Waals surface area contributed by atoms with E-state index in [4.69, 9.17) is 4.74 Å². The van der Waals surface area contributed by atoms with E-state index in [2.05, 4.69) is 18.3 Å². The molecule has 0 amide bonds. The first kappa shape index (κ1) is 13.9. The highest BCUT2D eigenvalue weighted by Gasteiger charge is 2.28. The predicted octanol–water partition coefficient (Wildman–Crippen LogP) is 3.71. The number of nitrogens with one attached hydrogen (secondary N) is 1. The van der Waals surface area contributed by atoms with Gasteiger partial charge in [0.15, 0.2) is 11.6 Å². The third-order valence-corrected chi connectivity index (χ3v) is 3.81. The summed E-state index contributed by atoms with van der Waals surface area (Å²) in [7, 11) is 0. The molecule has 110 valence electrons. The first-order valence-electron chi connectivity index (χ1n) is 7.16. The number of ether oxygens (including phenoxy) is 1. The SMILES string of the molecule is CCNC1CC(c2ccc(O)c(F)c2)Oc2ccccc21. The molecule has 1 heterocycles. The molecule has 0 spiro atoms. The molecule has 0 radical (unpaired) electrons. The topological polar surface area (TPSA) is 41.5 Å². The molecule has 4 heteroatoms. The van der Waals surface area contributed by atoms with Crippen molar-refractivity contribution in [3.8, 4) is 11.5 Å². The van der Waals surface area contributed by atoms with Crippen molar-refractivity contribution in [1.82, 2.24) is 5.32 Å². The van der Waals surface area contributed by atoms with Crippen molar-refractivity contribution < 1.29 is 14.2 Å². The minimum atomic E-state index is -0.616. The Labute approximate surface area is 123 Å². The molecule has 3 nitrogen and oxygen atoms in total. The average Bonchev–Trinajstić information content (AvgIpc) is 2.50. The zero-order valence-electron chi connectivity index (χ0n) is 11.8. The van der Waals surface area contributed by atoms with Crippen LogP contribution < -0.4 is 10.1 Å². The van der Waals surface area contributed by atoms with Crippen molar-refractivity contribution in [3.05, 3.63) is 59.4 Å². The quantitative estimate of drug-likeness (QED) is 0.904. The van der Waals surface area contributed by atoms with Crippen LogP contribution in [0.25, 0.3) is 0 Å². The molecule has 0 fully saturated rings. The molecule has 1 aliphatic heterocycles. The standard InChI is InChI=1S/C17H18FNO2/c1-2-19-14-10-17(11-7-8-15(20)13(18)9-11)21-16-6-4-3-5-12(14)16/h3-9,14,17,19-20H,2,10H2,1H3. The second-order valence-corrected chi connectivity index (χ2v) is 5.20. The third-order valence-electron chi connectivity index (χ3n) is 3.81. The van der Waals surface area contributed by atoms with Crippen molar-refractivity contribution in [3.63, 3.8) is 0 Å². The van der Waals surface area contributed by atoms with Gasteiger partial charge in [-0.1, -0.05) is 31.2 Å². The van der Waals surface area contributed by atoms with E-state index in [0.717, 1.165) is 29.8 Å². The number of hydrogen-bond donors (Lipinski definition) is 2. The van der Waals surface area contributed by atoms with Crippen LogP contribution in [-0.4, -0.2) is 11.7 Å². The maximum absolute atomic E-state index is 13.6. The van der Waals surface area contributed by atoms with Gasteiger partial charge < -0.3 is 15.2 Å². The molecule has 0 aromatic heterocycles. The van der Waals surface area contributed by atoms with Gasteiger partial charge >= 0.3 is 0 Å². The highest BCUT2D eigenvalue weighted by atomic mass is 19.1. The summed E-state index contributed by atoms with van der Waals surface area (Å²) in [6, 6.07) is 12.5. The number of benzene rings is 2. The maximum atomic E-state index is 13.6. The molecular formula is C17H18FNO2. The summed E-state index contributed by atoms with van der Waals surface area (Å²) in [6.45, 7) is 2.92. The summed E-state index contributed by atoms with van der Waals surface area (Å²) in [4.78, 5) is 0. The molecule has 1 aliphatic rings. The fraction of sp³-hybridized carbons (Fsp3) is 0.294. The van der Waals surface area contributed by atoms with Gasteiger partial charge in [-0.3, -0.25) is 0 Å². The Hall–Kier alpha value is -2.07. The summed E-state index contributed by atoms with van der Waals surface area (Å²) < 4.78 is 19.6. The summed E-state index contributed by atoms with van der Waals surface area (Å²) in [5, 5.41) is 12.8. The van der Waals surface area contributed by atoms with E-state index in [9.17, 15) is 9.50 Å². The summed E-state index contributed by atoms with van der Waals surface area (Å²) >= 11 is 0. The van der Waals surface area contributed by atoms with Crippen molar-refractivity contribution in [1.29, 1.82) is 0 Å². The number of para-hydroxylation sites is 1. The molecule has 2 aromatic rings. The van der Waals surface area contributed by atoms with Gasteiger partial charge in [-0.2, -0.15) is 0 Å². The predicted molar refractivity (Wildman–Crippen MR) is 78.9 cm³/mol. The van der Waals surface area contributed by atoms with Gasteiger partial charge in [0.25, 0.3) is 0 Å². The van der Waals surface area contributed by atoms with Crippen LogP contribution in [0.2, 0.25) is 0 Å². The molecule has 2 aromatic carbocycles. The average molecular weight is 287 g/mol. The molecule has 0 saturated heterocycles. The Kier molecular flexibility index (Phi) is 3.80. The largest absolute Gasteiger partial charge is 0.505 e. The lowest BCUT2D eigenvalue weighted by Gasteiger charge is -2.33. The van der Waals surface area contributed by atoms with Crippen molar-refractivity contribution in [2.45, 2.75) is 25.5 Å². The van der Waals surface area contributed by atoms with Crippen LogP contribution in [0.3, 0.4) is 0 Å². The van der Waals surface area contributed by atoms with Crippen LogP contribution in [-0.2, 0) is 0 Å². The Morgan fingerprint density at radius 3 is 2.86 bits per heavy atom. The monoisotopic (exact) mass is 287 g/mol. The van der Waals surface area contributed by atoms with E-state index in [1.165, 1.54) is 12.1 Å². The van der Waals surface area contributed by atoms with Gasteiger partial charge in [-0.05, 0) is 30.3 Å². The van der Waals surface area contributed by atoms with Gasteiger partial charge in [0, 0.05) is 18.0 Å². The van der Waals surface area contributed by atoms with E-state index in [-0.39, 0.29) is 17.9 Å². The lowest BCUT2D eigenvalue weighted by molar-refractivity contribution is 0.151. The first-order valence-corrected chi connectivity index (χ1v) is 7.16. The lowest BCUT2D eigenvalue weighted by atomic mass is 9.93. The fourth-order valence-electron chi connectivity index (χ4n) is 2.79. The van der Waals surface area contributed by atoms with Crippen molar-refractivity contribution in [2.75, 3.05) is 6.54 Å². The number of hydrogen-bond acceptors (Lipinski definition) is 3. The third kappa shape index (κ3) is 2.72. The number of rotatable bonds is 3. The van der Waals surface area contributed by atoms with Crippen LogP contribution in [0.15, 0.2) is 42.5 Å². The molecule has 2 unspecified atom stereocenters. The number of aromatic hydroxyl groups is 1. The number of fused-ring (bicyclic) bond motifs is 1. The molecule has 0 saturated carbocycles. The van der Waals surface area contributed by atoms with Crippen molar-refractivity contribution in [2.24, 2.45) is 0 Å². The van der Waals surface area contributed by atoms with Gasteiger partial charge in [0.2, 0.25) is 0 Å². The number of phenols is 1. The first-order chi connectivity index (χ1) is 10.2.